The predicted octanol–water partition coefficient (Wildman–Crippen LogP) is 12.5. The molecule has 0 spiro atoms. The largest absolute Gasteiger partial charge is 0.464 e. The van der Waals surface area contributed by atoms with E-state index in [0.717, 1.165) is 32.1 Å². The van der Waals surface area contributed by atoms with Crippen molar-refractivity contribution in [3.05, 3.63) is 0 Å². The molecule has 0 aromatic heterocycles. The summed E-state index contributed by atoms with van der Waals surface area (Å²) >= 11 is 0. The minimum absolute atomic E-state index is 0.0727. The number of rotatable bonds is 42. The molecule has 0 aromatic carbocycles. The lowest BCUT2D eigenvalue weighted by Crippen LogP contribution is -2.35. The lowest BCUT2D eigenvalue weighted by molar-refractivity contribution is -0.144. The van der Waals surface area contributed by atoms with Crippen LogP contribution in [0.2, 0.25) is 0 Å². The van der Waals surface area contributed by atoms with Crippen molar-refractivity contribution in [2.75, 3.05) is 53.3 Å². The number of amides is 1. The molecular weight excluding hydrogens is 695 g/mol. The number of hydrogen-bond acceptors (Lipinski definition) is 8. The molecule has 9 heteroatoms. The maximum absolute atomic E-state index is 12.5. The average molecular weight is 786 g/mol. The van der Waals surface area contributed by atoms with Gasteiger partial charge in [0.25, 0.3) is 0 Å². The zero-order valence-corrected chi connectivity index (χ0v) is 37.4. The first-order chi connectivity index (χ1) is 26.6. The molecule has 55 heavy (non-hydrogen) atoms. The van der Waals surface area contributed by atoms with Crippen LogP contribution in [0.1, 0.15) is 215 Å². The van der Waals surface area contributed by atoms with Crippen LogP contribution in [0.4, 0.5) is 4.79 Å². The van der Waals surface area contributed by atoms with Crippen molar-refractivity contribution >= 4 is 12.1 Å². The van der Waals surface area contributed by atoms with Gasteiger partial charge in [-0.1, -0.05) is 162 Å². The van der Waals surface area contributed by atoms with E-state index in [1.165, 1.54) is 135 Å². The van der Waals surface area contributed by atoms with E-state index in [9.17, 15) is 9.59 Å². The van der Waals surface area contributed by atoms with Crippen LogP contribution in [0.25, 0.3) is 0 Å². The van der Waals surface area contributed by atoms with E-state index < -0.39 is 17.7 Å². The van der Waals surface area contributed by atoms with Crippen LogP contribution in [0.5, 0.6) is 0 Å². The monoisotopic (exact) mass is 786 g/mol. The highest BCUT2D eigenvalue weighted by Gasteiger charge is 2.24. The standard InChI is InChI=1S/C46H91NO8/c1-8-11-13-15-17-19-21-23-25-27-29-31-35-51-40-42(52-36-32-30-28-26-24-22-20-18-16-14-12-9-2)41-54-44(49)47-39-43(48)53-37-33-45(4,5)55-38-34-46(6,10-3)50-7/h42H,8-41H2,1-7H3,(H,47,49)/t42-,46?/m0/s1. The van der Waals surface area contributed by atoms with Crippen molar-refractivity contribution in [3.63, 3.8) is 0 Å². The van der Waals surface area contributed by atoms with Gasteiger partial charge in [0.1, 0.15) is 19.3 Å². The quantitative estimate of drug-likeness (QED) is 0.0482. The van der Waals surface area contributed by atoms with Gasteiger partial charge in [0, 0.05) is 26.7 Å². The second-order valence-corrected chi connectivity index (χ2v) is 16.6. The third-order valence-corrected chi connectivity index (χ3v) is 10.9. The second kappa shape index (κ2) is 38.1. The van der Waals surface area contributed by atoms with E-state index >= 15 is 0 Å². The molecule has 1 amide bonds. The van der Waals surface area contributed by atoms with Crippen LogP contribution in [-0.4, -0.2) is 82.7 Å². The Labute approximate surface area is 340 Å². The molecule has 0 aliphatic heterocycles. The van der Waals surface area contributed by atoms with Crippen LogP contribution >= 0.6 is 0 Å². The Balaban J connectivity index is 4.38. The predicted molar refractivity (Wildman–Crippen MR) is 228 cm³/mol. The third kappa shape index (κ3) is 36.7. The minimum atomic E-state index is -0.669. The van der Waals surface area contributed by atoms with Gasteiger partial charge in [-0.3, -0.25) is 4.79 Å². The van der Waals surface area contributed by atoms with Gasteiger partial charge in [-0.2, -0.15) is 0 Å². The number of nitrogens with one attached hydrogen (secondary N) is 1. The first-order valence-corrected chi connectivity index (χ1v) is 23.1. The van der Waals surface area contributed by atoms with Crippen molar-refractivity contribution in [1.82, 2.24) is 5.32 Å². The molecule has 9 nitrogen and oxygen atoms in total. The van der Waals surface area contributed by atoms with Crippen LogP contribution in [0, 0.1) is 0 Å². The van der Waals surface area contributed by atoms with Gasteiger partial charge < -0.3 is 33.7 Å². The molecule has 0 heterocycles. The van der Waals surface area contributed by atoms with E-state index in [1.807, 2.05) is 13.8 Å². The number of carbonyl (C=O) groups excluding carboxylic acids is 2. The van der Waals surface area contributed by atoms with Crippen molar-refractivity contribution in [3.8, 4) is 0 Å². The van der Waals surface area contributed by atoms with Gasteiger partial charge in [0.2, 0.25) is 0 Å². The van der Waals surface area contributed by atoms with Crippen molar-refractivity contribution in [2.24, 2.45) is 0 Å². The van der Waals surface area contributed by atoms with Gasteiger partial charge in [0.05, 0.1) is 31.0 Å². The smallest absolute Gasteiger partial charge is 0.407 e. The van der Waals surface area contributed by atoms with E-state index in [0.29, 0.717) is 32.8 Å². The van der Waals surface area contributed by atoms with Gasteiger partial charge >= 0.3 is 12.1 Å². The fourth-order valence-electron chi connectivity index (χ4n) is 6.46. The average Bonchev–Trinajstić information content (AvgIpc) is 3.17. The number of carbonyl (C=O) groups is 2. The van der Waals surface area contributed by atoms with Crippen LogP contribution in [0.15, 0.2) is 0 Å². The van der Waals surface area contributed by atoms with Crippen molar-refractivity contribution in [1.29, 1.82) is 0 Å². The number of alkyl carbamates (subject to hydrolysis) is 1. The topological polar surface area (TPSA) is 102 Å². The minimum Gasteiger partial charge on any atom is -0.464 e. The maximum atomic E-state index is 12.5. The summed E-state index contributed by atoms with van der Waals surface area (Å²) in [7, 11) is 1.72. The summed E-state index contributed by atoms with van der Waals surface area (Å²) in [5.41, 5.74) is -0.660. The Morgan fingerprint density at radius 2 is 1.02 bits per heavy atom. The summed E-state index contributed by atoms with van der Waals surface area (Å²) in [5.74, 6) is -0.517. The molecule has 0 aromatic rings. The highest BCUT2D eigenvalue weighted by atomic mass is 16.6. The van der Waals surface area contributed by atoms with E-state index in [4.69, 9.17) is 28.4 Å². The number of unbranched alkanes of at least 4 members (excludes halogenated alkanes) is 22. The summed E-state index contributed by atoms with van der Waals surface area (Å²) in [5, 5.41) is 2.51. The summed E-state index contributed by atoms with van der Waals surface area (Å²) in [4.78, 5) is 24.8. The number of esters is 1. The third-order valence-electron chi connectivity index (χ3n) is 10.9. The fraction of sp³-hybridized carbons (Fsp3) is 0.957. The van der Waals surface area contributed by atoms with Gasteiger partial charge in [-0.05, 0) is 46.5 Å². The maximum Gasteiger partial charge on any atom is 0.407 e. The molecule has 0 rings (SSSR count). The molecular formula is C46H91NO8. The molecule has 0 saturated carbocycles. The summed E-state index contributed by atoms with van der Waals surface area (Å²) in [6.07, 6.45) is 32.4. The van der Waals surface area contributed by atoms with Gasteiger partial charge in [-0.15, -0.1) is 0 Å². The fourth-order valence-corrected chi connectivity index (χ4v) is 6.46. The van der Waals surface area contributed by atoms with Crippen molar-refractivity contribution < 1.29 is 38.0 Å². The van der Waals surface area contributed by atoms with Gasteiger partial charge in [0.15, 0.2) is 0 Å². The molecule has 0 fully saturated rings. The number of hydrogen-bond donors (Lipinski definition) is 1. The molecule has 2 atom stereocenters. The molecule has 0 aliphatic rings. The van der Waals surface area contributed by atoms with Crippen molar-refractivity contribution in [2.45, 2.75) is 232 Å². The Kier molecular flexibility index (Phi) is 37.1. The lowest BCUT2D eigenvalue weighted by atomic mass is 9.99. The molecule has 1 N–H and O–H groups in total. The lowest BCUT2D eigenvalue weighted by Gasteiger charge is -2.30. The molecule has 0 radical (unpaired) electrons. The van der Waals surface area contributed by atoms with Crippen LogP contribution in [0.3, 0.4) is 0 Å². The first kappa shape index (κ1) is 53.6. The Morgan fingerprint density at radius 1 is 0.545 bits per heavy atom. The number of ether oxygens (including phenoxy) is 6. The highest BCUT2D eigenvalue weighted by molar-refractivity contribution is 5.77. The molecule has 0 saturated heterocycles. The molecule has 1 unspecified atom stereocenters. The van der Waals surface area contributed by atoms with E-state index in [1.54, 1.807) is 7.11 Å². The Hall–Kier alpha value is -1.42. The zero-order chi connectivity index (χ0) is 40.7. The van der Waals surface area contributed by atoms with Gasteiger partial charge in [-0.25, -0.2) is 4.79 Å². The molecule has 0 aliphatic carbocycles. The molecule has 0 bridgehead atoms. The Morgan fingerprint density at radius 3 is 1.49 bits per heavy atom. The number of methoxy groups -OCH3 is 1. The van der Waals surface area contributed by atoms with E-state index in [-0.39, 0.29) is 31.5 Å². The zero-order valence-electron chi connectivity index (χ0n) is 37.4. The second-order valence-electron chi connectivity index (χ2n) is 16.6. The highest BCUT2D eigenvalue weighted by Crippen LogP contribution is 2.22. The molecule has 328 valence electrons. The normalized spacial score (nSPS) is 13.4. The first-order valence-electron chi connectivity index (χ1n) is 23.1. The van der Waals surface area contributed by atoms with Crippen LogP contribution in [-0.2, 0) is 33.2 Å². The summed E-state index contributed by atoms with van der Waals surface area (Å²) < 4.78 is 34.5. The summed E-state index contributed by atoms with van der Waals surface area (Å²) in [6, 6.07) is 0. The van der Waals surface area contributed by atoms with Crippen LogP contribution < -0.4 is 5.32 Å². The SMILES string of the molecule is CCCCCCCCCCCCCCOC[C@@H](COC(=O)NCC(=O)OCCC(C)(C)OCCC(C)(CC)OC)OCCCCCCCCCCCCCC. The van der Waals surface area contributed by atoms with E-state index in [2.05, 4.69) is 33.0 Å². The Bertz CT molecular complexity index is 850. The summed E-state index contributed by atoms with van der Waals surface area (Å²) in [6.45, 7) is 14.9.